The fraction of sp³-hybridized carbons (Fsp3) is 0.615. The maximum atomic E-state index is 11.6. The van der Waals surface area contributed by atoms with Gasteiger partial charge in [0, 0.05) is 39.0 Å². The molecule has 1 aromatic heterocycles. The van der Waals surface area contributed by atoms with E-state index in [0.717, 1.165) is 24.9 Å². The van der Waals surface area contributed by atoms with E-state index in [-0.39, 0.29) is 11.5 Å². The van der Waals surface area contributed by atoms with Crippen LogP contribution in [0, 0.1) is 5.92 Å². The number of rotatable bonds is 5. The lowest BCUT2D eigenvalue weighted by molar-refractivity contribution is -0.118. The molecule has 2 rings (SSSR count). The highest BCUT2D eigenvalue weighted by Crippen LogP contribution is 2.21. The van der Waals surface area contributed by atoms with Gasteiger partial charge in [0.15, 0.2) is 9.84 Å². The van der Waals surface area contributed by atoms with Crippen LogP contribution in [-0.2, 0) is 21.7 Å². The molecule has 1 N–H and O–H groups in total. The third-order valence-electron chi connectivity index (χ3n) is 3.59. The maximum Gasteiger partial charge on any atom is 0.268 e. The Hall–Kier alpha value is -1.90. The first-order valence-corrected chi connectivity index (χ1v) is 9.03. The zero-order valence-electron chi connectivity index (χ0n) is 12.7. The van der Waals surface area contributed by atoms with Crippen LogP contribution in [0.2, 0.25) is 0 Å². The highest BCUT2D eigenvalue weighted by molar-refractivity contribution is 7.91. The number of anilines is 1. The van der Waals surface area contributed by atoms with Crippen LogP contribution in [0.15, 0.2) is 17.1 Å². The van der Waals surface area contributed by atoms with E-state index in [4.69, 9.17) is 0 Å². The summed E-state index contributed by atoms with van der Waals surface area (Å²) in [5.74, 6) is -0.731. The minimum atomic E-state index is -3.30. The molecule has 122 valence electrons. The van der Waals surface area contributed by atoms with Crippen LogP contribution in [0.25, 0.3) is 0 Å². The number of carbonyl (C=O) groups excluding carboxylic acids is 1. The van der Waals surface area contributed by atoms with Crippen LogP contribution < -0.4 is 15.8 Å². The van der Waals surface area contributed by atoms with Gasteiger partial charge in [0.2, 0.25) is 5.91 Å². The van der Waals surface area contributed by atoms with Crippen molar-refractivity contribution in [2.75, 3.05) is 36.5 Å². The first kappa shape index (κ1) is 16.5. The van der Waals surface area contributed by atoms with Gasteiger partial charge in [-0.3, -0.25) is 9.59 Å². The van der Waals surface area contributed by atoms with Crippen LogP contribution >= 0.6 is 0 Å². The van der Waals surface area contributed by atoms with Gasteiger partial charge >= 0.3 is 0 Å². The van der Waals surface area contributed by atoms with Crippen molar-refractivity contribution in [1.29, 1.82) is 0 Å². The molecule has 0 saturated carbocycles. The Morgan fingerprint density at radius 1 is 1.50 bits per heavy atom. The number of carbonyl (C=O) groups is 1. The van der Waals surface area contributed by atoms with Crippen molar-refractivity contribution in [1.82, 2.24) is 15.1 Å². The van der Waals surface area contributed by atoms with E-state index < -0.39 is 21.5 Å². The number of nitrogens with one attached hydrogen (secondary N) is 1. The van der Waals surface area contributed by atoms with Crippen molar-refractivity contribution in [3.05, 3.63) is 22.6 Å². The Balaban J connectivity index is 1.86. The van der Waals surface area contributed by atoms with Crippen molar-refractivity contribution >= 4 is 21.4 Å². The predicted octanol–water partition coefficient (Wildman–Crippen LogP) is -1.23. The molecule has 0 radical (unpaired) electrons. The molecule has 1 aliphatic heterocycles. The van der Waals surface area contributed by atoms with Crippen molar-refractivity contribution in [2.24, 2.45) is 13.0 Å². The summed E-state index contributed by atoms with van der Waals surface area (Å²) in [7, 11) is -1.71. The molecule has 9 heteroatoms. The quantitative estimate of drug-likeness (QED) is 0.726. The number of amides is 1. The second kappa shape index (κ2) is 6.47. The third-order valence-corrected chi connectivity index (χ3v) is 4.37. The fourth-order valence-electron chi connectivity index (χ4n) is 2.41. The minimum Gasteiger partial charge on any atom is -0.370 e. The summed E-state index contributed by atoms with van der Waals surface area (Å²) in [5, 5.41) is 6.64. The number of hydrogen-bond acceptors (Lipinski definition) is 6. The van der Waals surface area contributed by atoms with Gasteiger partial charge in [0.05, 0.1) is 11.9 Å². The predicted molar refractivity (Wildman–Crippen MR) is 82.5 cm³/mol. The van der Waals surface area contributed by atoms with Gasteiger partial charge in [-0.05, 0) is 12.3 Å². The van der Waals surface area contributed by atoms with Crippen molar-refractivity contribution in [2.45, 2.75) is 6.42 Å². The van der Waals surface area contributed by atoms with Crippen molar-refractivity contribution in [3.63, 3.8) is 0 Å². The molecule has 8 nitrogen and oxygen atoms in total. The van der Waals surface area contributed by atoms with Gasteiger partial charge in [-0.15, -0.1) is 0 Å². The molecule has 1 aromatic rings. The summed E-state index contributed by atoms with van der Waals surface area (Å²) in [6, 6.07) is 1.54. The van der Waals surface area contributed by atoms with Crippen LogP contribution in [0.4, 0.5) is 5.69 Å². The van der Waals surface area contributed by atoms with E-state index in [9.17, 15) is 18.0 Å². The Labute approximate surface area is 129 Å². The molecule has 0 bridgehead atoms. The topological polar surface area (TPSA) is 101 Å². The average Bonchev–Trinajstić information content (AvgIpc) is 2.86. The Morgan fingerprint density at radius 3 is 2.86 bits per heavy atom. The van der Waals surface area contributed by atoms with Gasteiger partial charge in [-0.2, -0.15) is 5.10 Å². The Morgan fingerprint density at radius 2 is 2.23 bits per heavy atom. The number of nitrogens with zero attached hydrogens (tertiary/aromatic N) is 3. The number of aromatic nitrogens is 2. The van der Waals surface area contributed by atoms with E-state index >= 15 is 0 Å². The van der Waals surface area contributed by atoms with Crippen LogP contribution in [0.1, 0.15) is 6.42 Å². The number of sulfone groups is 1. The van der Waals surface area contributed by atoms with Gasteiger partial charge in [0.1, 0.15) is 5.75 Å². The highest BCUT2D eigenvalue weighted by Gasteiger charge is 2.24. The van der Waals surface area contributed by atoms with Gasteiger partial charge < -0.3 is 10.2 Å². The summed E-state index contributed by atoms with van der Waals surface area (Å²) in [6.07, 6.45) is 3.55. The summed E-state index contributed by atoms with van der Waals surface area (Å²) in [4.78, 5) is 25.1. The van der Waals surface area contributed by atoms with Crippen LogP contribution in [-0.4, -0.2) is 55.7 Å². The largest absolute Gasteiger partial charge is 0.370 e. The molecule has 2 heterocycles. The molecular formula is C13H20N4O4S. The summed E-state index contributed by atoms with van der Waals surface area (Å²) in [5.41, 5.74) is 0.607. The molecule has 1 fully saturated rings. The van der Waals surface area contributed by atoms with E-state index in [1.165, 1.54) is 10.7 Å². The molecule has 1 unspecified atom stereocenters. The zero-order valence-corrected chi connectivity index (χ0v) is 13.5. The normalized spacial score (nSPS) is 18.5. The molecule has 1 amide bonds. The second-order valence-corrected chi connectivity index (χ2v) is 7.79. The standard InChI is InChI=1S/C13H20N4O4S/c1-16-13(19)5-11(7-15-16)17-4-3-10(8-17)6-14-12(18)9-22(2,20)21/h5,7,10H,3-4,6,8-9H2,1-2H3,(H,14,18). The smallest absolute Gasteiger partial charge is 0.268 e. The molecule has 0 aliphatic carbocycles. The Bertz CT molecular complexity index is 713. The maximum absolute atomic E-state index is 11.6. The van der Waals surface area contributed by atoms with E-state index in [2.05, 4.69) is 10.4 Å². The zero-order chi connectivity index (χ0) is 16.3. The first-order valence-electron chi connectivity index (χ1n) is 6.97. The van der Waals surface area contributed by atoms with Crippen LogP contribution in [0.3, 0.4) is 0 Å². The fourth-order valence-corrected chi connectivity index (χ4v) is 2.99. The minimum absolute atomic E-state index is 0.164. The molecule has 1 saturated heterocycles. The Kier molecular flexibility index (Phi) is 4.84. The molecule has 1 aliphatic rings. The summed E-state index contributed by atoms with van der Waals surface area (Å²) < 4.78 is 23.3. The number of hydrogen-bond donors (Lipinski definition) is 1. The molecule has 0 aromatic carbocycles. The second-order valence-electron chi connectivity index (χ2n) is 5.65. The van der Waals surface area contributed by atoms with Gasteiger partial charge in [-0.25, -0.2) is 13.1 Å². The SMILES string of the molecule is Cn1ncc(N2CCC(CNC(=O)CS(C)(=O)=O)C2)cc1=O. The summed E-state index contributed by atoms with van der Waals surface area (Å²) >= 11 is 0. The molecule has 0 spiro atoms. The first-order chi connectivity index (χ1) is 10.2. The van der Waals surface area contributed by atoms with E-state index in [0.29, 0.717) is 13.1 Å². The van der Waals surface area contributed by atoms with Crippen molar-refractivity contribution < 1.29 is 13.2 Å². The molecular weight excluding hydrogens is 308 g/mol. The monoisotopic (exact) mass is 328 g/mol. The number of aryl methyl sites for hydroxylation is 1. The van der Waals surface area contributed by atoms with Gasteiger partial charge in [-0.1, -0.05) is 0 Å². The lowest BCUT2D eigenvalue weighted by Gasteiger charge is -2.18. The molecule has 22 heavy (non-hydrogen) atoms. The van der Waals surface area contributed by atoms with Crippen molar-refractivity contribution in [3.8, 4) is 0 Å². The van der Waals surface area contributed by atoms with Gasteiger partial charge in [0.25, 0.3) is 5.56 Å². The van der Waals surface area contributed by atoms with E-state index in [1.807, 2.05) is 4.90 Å². The highest BCUT2D eigenvalue weighted by atomic mass is 32.2. The summed E-state index contributed by atoms with van der Waals surface area (Å²) in [6.45, 7) is 1.92. The molecule has 1 atom stereocenters. The lowest BCUT2D eigenvalue weighted by atomic mass is 10.1. The van der Waals surface area contributed by atoms with E-state index in [1.54, 1.807) is 13.2 Å². The average molecular weight is 328 g/mol. The lowest BCUT2D eigenvalue weighted by Crippen LogP contribution is -2.34. The van der Waals surface area contributed by atoms with Crippen LogP contribution in [0.5, 0.6) is 0 Å². The third kappa shape index (κ3) is 4.55.